The summed E-state index contributed by atoms with van der Waals surface area (Å²) < 4.78 is 13.7. The lowest BCUT2D eigenvalue weighted by Gasteiger charge is -2.41. The first-order valence-electron chi connectivity index (χ1n) is 6.96. The molecular weight excluding hydrogens is 255 g/mol. The standard InChI is InChI=1S/C15H15FN4/c1-8-7-10-12-13(17-8)9(2)11-5-3-4-6-20(11)14(12)19-15(16)18-10/h7,11H,2-6H2,1H3. The Kier molecular flexibility index (Phi) is 2.34. The van der Waals surface area contributed by atoms with Crippen LogP contribution in [-0.2, 0) is 0 Å². The highest BCUT2D eigenvalue weighted by Gasteiger charge is 2.35. The Morgan fingerprint density at radius 3 is 3.00 bits per heavy atom. The van der Waals surface area contributed by atoms with Gasteiger partial charge in [0.25, 0.3) is 0 Å². The zero-order chi connectivity index (χ0) is 13.9. The minimum absolute atomic E-state index is 0.197. The van der Waals surface area contributed by atoms with Gasteiger partial charge in [-0.1, -0.05) is 6.58 Å². The Labute approximate surface area is 116 Å². The topological polar surface area (TPSA) is 41.9 Å². The lowest BCUT2D eigenvalue weighted by atomic mass is 9.89. The van der Waals surface area contributed by atoms with Gasteiger partial charge < -0.3 is 4.90 Å². The zero-order valence-corrected chi connectivity index (χ0v) is 11.4. The van der Waals surface area contributed by atoms with E-state index in [1.807, 2.05) is 13.0 Å². The van der Waals surface area contributed by atoms with Crippen LogP contribution in [0.4, 0.5) is 10.2 Å². The fraction of sp³-hybridized carbons (Fsp3) is 0.400. The Morgan fingerprint density at radius 2 is 2.15 bits per heavy atom. The van der Waals surface area contributed by atoms with E-state index in [0.29, 0.717) is 11.3 Å². The molecule has 1 atom stereocenters. The van der Waals surface area contributed by atoms with Gasteiger partial charge in [-0.15, -0.1) is 0 Å². The molecule has 0 aromatic carbocycles. The van der Waals surface area contributed by atoms with Crippen LogP contribution < -0.4 is 4.90 Å². The minimum atomic E-state index is -0.666. The molecule has 102 valence electrons. The van der Waals surface area contributed by atoms with Gasteiger partial charge in [-0.05, 0) is 37.8 Å². The normalized spacial score (nSPS) is 21.2. The van der Waals surface area contributed by atoms with Crippen LogP contribution in [0.15, 0.2) is 12.6 Å². The lowest BCUT2D eigenvalue weighted by molar-refractivity contribution is 0.502. The number of halogens is 1. The van der Waals surface area contributed by atoms with Crippen molar-refractivity contribution < 1.29 is 4.39 Å². The van der Waals surface area contributed by atoms with E-state index >= 15 is 0 Å². The van der Waals surface area contributed by atoms with E-state index in [4.69, 9.17) is 0 Å². The Hall–Kier alpha value is -2.04. The van der Waals surface area contributed by atoms with E-state index in [9.17, 15) is 4.39 Å². The highest BCUT2D eigenvalue weighted by Crippen LogP contribution is 2.42. The largest absolute Gasteiger partial charge is 0.349 e. The molecule has 0 radical (unpaired) electrons. The molecule has 0 aliphatic carbocycles. The molecule has 4 nitrogen and oxygen atoms in total. The number of anilines is 1. The fourth-order valence-corrected chi connectivity index (χ4v) is 3.38. The molecule has 2 aliphatic heterocycles. The van der Waals surface area contributed by atoms with Gasteiger partial charge in [0.2, 0.25) is 0 Å². The SMILES string of the molecule is C=C1c2nc(C)cc3nc(F)nc(c23)N2CCCCC12. The third kappa shape index (κ3) is 1.49. The summed E-state index contributed by atoms with van der Waals surface area (Å²) in [7, 11) is 0. The van der Waals surface area contributed by atoms with Crippen LogP contribution in [0.5, 0.6) is 0 Å². The predicted molar refractivity (Wildman–Crippen MR) is 76.0 cm³/mol. The van der Waals surface area contributed by atoms with Gasteiger partial charge in [0, 0.05) is 12.2 Å². The zero-order valence-electron chi connectivity index (χ0n) is 11.4. The third-order valence-corrected chi connectivity index (χ3v) is 4.24. The van der Waals surface area contributed by atoms with Crippen LogP contribution in [0.25, 0.3) is 16.5 Å². The van der Waals surface area contributed by atoms with Gasteiger partial charge in [-0.25, -0.2) is 4.98 Å². The fourth-order valence-electron chi connectivity index (χ4n) is 3.38. The van der Waals surface area contributed by atoms with Crippen molar-refractivity contribution in [2.24, 2.45) is 0 Å². The van der Waals surface area contributed by atoms with Crippen molar-refractivity contribution in [3.8, 4) is 0 Å². The van der Waals surface area contributed by atoms with Crippen molar-refractivity contribution in [3.05, 3.63) is 30.1 Å². The molecular formula is C15H15FN4. The number of nitrogens with zero attached hydrogens (tertiary/aromatic N) is 4. The summed E-state index contributed by atoms with van der Waals surface area (Å²) in [6.07, 6.45) is 2.63. The van der Waals surface area contributed by atoms with E-state index in [1.54, 1.807) is 0 Å². The molecule has 0 amide bonds. The molecule has 0 spiro atoms. The summed E-state index contributed by atoms with van der Waals surface area (Å²) in [4.78, 5) is 14.7. The average Bonchev–Trinajstić information content (AvgIpc) is 2.43. The van der Waals surface area contributed by atoms with Crippen molar-refractivity contribution in [1.82, 2.24) is 15.0 Å². The molecule has 2 aromatic rings. The number of aromatic nitrogens is 3. The predicted octanol–water partition coefficient (Wildman–Crippen LogP) is 2.86. The van der Waals surface area contributed by atoms with Crippen LogP contribution in [0.2, 0.25) is 0 Å². The molecule has 5 heteroatoms. The van der Waals surface area contributed by atoms with Gasteiger partial charge in [-0.3, -0.25) is 4.98 Å². The average molecular weight is 270 g/mol. The highest BCUT2D eigenvalue weighted by molar-refractivity contribution is 6.02. The summed E-state index contributed by atoms with van der Waals surface area (Å²) in [5.74, 6) is 0.687. The van der Waals surface area contributed by atoms with Crippen molar-refractivity contribution in [2.75, 3.05) is 11.4 Å². The number of hydrogen-bond acceptors (Lipinski definition) is 4. The van der Waals surface area contributed by atoms with Gasteiger partial charge in [0.1, 0.15) is 5.82 Å². The van der Waals surface area contributed by atoms with E-state index < -0.39 is 6.08 Å². The van der Waals surface area contributed by atoms with Crippen molar-refractivity contribution >= 4 is 22.3 Å². The molecule has 1 saturated heterocycles. The molecule has 0 bridgehead atoms. The van der Waals surface area contributed by atoms with Gasteiger partial charge >= 0.3 is 6.08 Å². The van der Waals surface area contributed by atoms with Crippen LogP contribution in [0.1, 0.15) is 30.7 Å². The Morgan fingerprint density at radius 1 is 1.30 bits per heavy atom. The molecule has 0 saturated carbocycles. The van der Waals surface area contributed by atoms with Gasteiger partial charge in [-0.2, -0.15) is 9.37 Å². The second-order valence-corrected chi connectivity index (χ2v) is 5.55. The minimum Gasteiger partial charge on any atom is -0.349 e. The molecule has 4 rings (SSSR count). The summed E-state index contributed by atoms with van der Waals surface area (Å²) in [6, 6.07) is 2.01. The number of aryl methyl sites for hydroxylation is 1. The smallest absolute Gasteiger partial charge is 0.311 e. The van der Waals surface area contributed by atoms with Gasteiger partial charge in [0.05, 0.1) is 22.6 Å². The first-order valence-corrected chi connectivity index (χ1v) is 6.96. The number of piperidine rings is 1. The number of rotatable bonds is 0. The second-order valence-electron chi connectivity index (χ2n) is 5.55. The van der Waals surface area contributed by atoms with Crippen LogP contribution in [0, 0.1) is 13.0 Å². The molecule has 2 aliphatic rings. The van der Waals surface area contributed by atoms with Crippen molar-refractivity contribution in [2.45, 2.75) is 32.2 Å². The first-order chi connectivity index (χ1) is 9.65. The molecule has 0 N–H and O–H groups in total. The van der Waals surface area contributed by atoms with Crippen molar-refractivity contribution in [3.63, 3.8) is 0 Å². The Bertz CT molecular complexity index is 735. The molecule has 1 unspecified atom stereocenters. The number of fused-ring (bicyclic) bond motifs is 2. The summed E-state index contributed by atoms with van der Waals surface area (Å²) in [6.45, 7) is 7.02. The monoisotopic (exact) mass is 270 g/mol. The van der Waals surface area contributed by atoms with Gasteiger partial charge in [0.15, 0.2) is 0 Å². The summed E-state index contributed by atoms with van der Waals surface area (Å²) in [5.41, 5.74) is 3.32. The van der Waals surface area contributed by atoms with E-state index in [-0.39, 0.29) is 6.04 Å². The van der Waals surface area contributed by atoms with E-state index in [0.717, 1.165) is 48.2 Å². The van der Waals surface area contributed by atoms with Crippen LogP contribution in [0.3, 0.4) is 0 Å². The second kappa shape index (κ2) is 3.98. The highest BCUT2D eigenvalue weighted by atomic mass is 19.1. The summed E-state index contributed by atoms with van der Waals surface area (Å²) in [5, 5.41) is 0.847. The Balaban J connectivity index is 2.10. The number of hydrogen-bond donors (Lipinski definition) is 0. The maximum absolute atomic E-state index is 13.7. The summed E-state index contributed by atoms with van der Waals surface area (Å²) >= 11 is 0. The molecule has 1 fully saturated rings. The maximum atomic E-state index is 13.7. The molecule has 2 aromatic heterocycles. The third-order valence-electron chi connectivity index (χ3n) is 4.24. The van der Waals surface area contributed by atoms with Crippen LogP contribution >= 0.6 is 0 Å². The number of pyridine rings is 1. The maximum Gasteiger partial charge on any atom is 0.311 e. The van der Waals surface area contributed by atoms with E-state index in [2.05, 4.69) is 26.4 Å². The molecule has 20 heavy (non-hydrogen) atoms. The molecule has 4 heterocycles. The lowest BCUT2D eigenvalue weighted by Crippen LogP contribution is -2.43. The van der Waals surface area contributed by atoms with Crippen molar-refractivity contribution in [1.29, 1.82) is 0 Å². The first kappa shape index (κ1) is 11.8. The quantitative estimate of drug-likeness (QED) is 0.690. The van der Waals surface area contributed by atoms with E-state index in [1.165, 1.54) is 0 Å². The van der Waals surface area contributed by atoms with Crippen LogP contribution in [-0.4, -0.2) is 27.5 Å².